The van der Waals surface area contributed by atoms with Crippen molar-refractivity contribution in [2.45, 2.75) is 26.4 Å². The molecular formula is C11H18N2O. The number of aliphatic hydroxyl groups is 1. The SMILES string of the molecule is CCCN(C)c1cc([C@H](C)O)ccn1. The van der Waals surface area contributed by atoms with Crippen LogP contribution in [-0.4, -0.2) is 23.7 Å². The van der Waals surface area contributed by atoms with E-state index in [4.69, 9.17) is 0 Å². The molecule has 0 radical (unpaired) electrons. The number of aliphatic hydroxyl groups excluding tert-OH is 1. The van der Waals surface area contributed by atoms with Gasteiger partial charge in [-0.25, -0.2) is 4.98 Å². The Bertz CT molecular complexity index is 286. The molecule has 1 aromatic heterocycles. The zero-order valence-electron chi connectivity index (χ0n) is 9.07. The number of anilines is 1. The molecule has 0 saturated carbocycles. The summed E-state index contributed by atoms with van der Waals surface area (Å²) < 4.78 is 0. The van der Waals surface area contributed by atoms with Crippen LogP contribution in [0.1, 0.15) is 31.9 Å². The molecule has 0 aromatic carbocycles. The van der Waals surface area contributed by atoms with E-state index >= 15 is 0 Å². The van der Waals surface area contributed by atoms with Gasteiger partial charge in [-0.15, -0.1) is 0 Å². The highest BCUT2D eigenvalue weighted by molar-refractivity contribution is 5.40. The molecule has 0 unspecified atom stereocenters. The van der Waals surface area contributed by atoms with Crippen LogP contribution in [0.15, 0.2) is 18.3 Å². The molecule has 3 nitrogen and oxygen atoms in total. The van der Waals surface area contributed by atoms with Crippen LogP contribution in [0, 0.1) is 0 Å². The van der Waals surface area contributed by atoms with E-state index in [1.165, 1.54) is 0 Å². The van der Waals surface area contributed by atoms with Gasteiger partial charge in [-0.1, -0.05) is 6.92 Å². The molecule has 0 aliphatic heterocycles. The highest BCUT2D eigenvalue weighted by Gasteiger charge is 2.05. The number of hydrogen-bond donors (Lipinski definition) is 1. The summed E-state index contributed by atoms with van der Waals surface area (Å²) in [5.74, 6) is 0.922. The summed E-state index contributed by atoms with van der Waals surface area (Å²) >= 11 is 0. The van der Waals surface area contributed by atoms with Crippen molar-refractivity contribution in [1.29, 1.82) is 0 Å². The van der Waals surface area contributed by atoms with Crippen molar-refractivity contribution < 1.29 is 5.11 Å². The van der Waals surface area contributed by atoms with Gasteiger partial charge in [0.15, 0.2) is 0 Å². The zero-order chi connectivity index (χ0) is 10.6. The summed E-state index contributed by atoms with van der Waals surface area (Å²) in [7, 11) is 2.01. The zero-order valence-corrected chi connectivity index (χ0v) is 9.07. The van der Waals surface area contributed by atoms with Crippen LogP contribution in [0.5, 0.6) is 0 Å². The Kier molecular flexibility index (Phi) is 3.89. The van der Waals surface area contributed by atoms with E-state index in [-0.39, 0.29) is 0 Å². The third-order valence-electron chi connectivity index (χ3n) is 2.20. The van der Waals surface area contributed by atoms with E-state index in [1.54, 1.807) is 13.1 Å². The fourth-order valence-corrected chi connectivity index (χ4v) is 1.35. The lowest BCUT2D eigenvalue weighted by Gasteiger charge is -2.18. The summed E-state index contributed by atoms with van der Waals surface area (Å²) in [6.07, 6.45) is 2.41. The molecular weight excluding hydrogens is 176 g/mol. The highest BCUT2D eigenvalue weighted by Crippen LogP contribution is 2.16. The van der Waals surface area contributed by atoms with E-state index in [0.29, 0.717) is 0 Å². The van der Waals surface area contributed by atoms with Crippen LogP contribution in [0.4, 0.5) is 5.82 Å². The highest BCUT2D eigenvalue weighted by atomic mass is 16.3. The molecule has 0 amide bonds. The fraction of sp³-hybridized carbons (Fsp3) is 0.545. The van der Waals surface area contributed by atoms with E-state index in [2.05, 4.69) is 16.8 Å². The van der Waals surface area contributed by atoms with Crippen molar-refractivity contribution >= 4 is 5.82 Å². The van der Waals surface area contributed by atoms with E-state index in [9.17, 15) is 5.11 Å². The van der Waals surface area contributed by atoms with Crippen LogP contribution in [0.25, 0.3) is 0 Å². The molecule has 78 valence electrons. The molecule has 0 spiro atoms. The molecule has 0 aliphatic rings. The first-order valence-corrected chi connectivity index (χ1v) is 5.00. The predicted molar refractivity (Wildman–Crippen MR) is 58.4 cm³/mol. The summed E-state index contributed by atoms with van der Waals surface area (Å²) in [6.45, 7) is 4.88. The molecule has 1 atom stereocenters. The maximum atomic E-state index is 9.41. The van der Waals surface area contributed by atoms with Gasteiger partial charge >= 0.3 is 0 Å². The van der Waals surface area contributed by atoms with Crippen molar-refractivity contribution in [3.05, 3.63) is 23.9 Å². The molecule has 1 aromatic rings. The second-order valence-corrected chi connectivity index (χ2v) is 3.54. The van der Waals surface area contributed by atoms with Crippen LogP contribution in [-0.2, 0) is 0 Å². The molecule has 14 heavy (non-hydrogen) atoms. The Morgan fingerprint density at radius 3 is 2.86 bits per heavy atom. The second kappa shape index (κ2) is 4.96. The van der Waals surface area contributed by atoms with Gasteiger partial charge in [-0.05, 0) is 31.0 Å². The third-order valence-corrected chi connectivity index (χ3v) is 2.20. The standard InChI is InChI=1S/C11H18N2O/c1-4-7-13(3)11-8-10(9(2)14)5-6-12-11/h5-6,8-9,14H,4,7H2,1-3H3/t9-/m0/s1. The Morgan fingerprint density at radius 2 is 2.29 bits per heavy atom. The van der Waals surface area contributed by atoms with Gasteiger partial charge in [-0.3, -0.25) is 0 Å². The number of rotatable bonds is 4. The first-order chi connectivity index (χ1) is 6.65. The largest absolute Gasteiger partial charge is 0.389 e. The Hall–Kier alpha value is -1.09. The van der Waals surface area contributed by atoms with Gasteiger partial charge in [0.2, 0.25) is 0 Å². The van der Waals surface area contributed by atoms with Gasteiger partial charge < -0.3 is 10.0 Å². The molecule has 1 N–H and O–H groups in total. The minimum absolute atomic E-state index is 0.424. The molecule has 1 heterocycles. The maximum Gasteiger partial charge on any atom is 0.128 e. The molecule has 0 fully saturated rings. The molecule has 0 aliphatic carbocycles. The lowest BCUT2D eigenvalue weighted by molar-refractivity contribution is 0.199. The first kappa shape index (κ1) is 11.0. The van der Waals surface area contributed by atoms with Crippen LogP contribution in [0.3, 0.4) is 0 Å². The monoisotopic (exact) mass is 194 g/mol. The van der Waals surface area contributed by atoms with Gasteiger partial charge in [0.05, 0.1) is 6.10 Å². The topological polar surface area (TPSA) is 36.4 Å². The van der Waals surface area contributed by atoms with E-state index in [0.717, 1.165) is 24.3 Å². The summed E-state index contributed by atoms with van der Waals surface area (Å²) in [4.78, 5) is 6.34. The van der Waals surface area contributed by atoms with Crippen LogP contribution < -0.4 is 4.90 Å². The van der Waals surface area contributed by atoms with Gasteiger partial charge in [0.25, 0.3) is 0 Å². The van der Waals surface area contributed by atoms with Gasteiger partial charge in [0, 0.05) is 19.8 Å². The first-order valence-electron chi connectivity index (χ1n) is 5.00. The van der Waals surface area contributed by atoms with E-state index in [1.807, 2.05) is 19.2 Å². The van der Waals surface area contributed by atoms with Crippen LogP contribution in [0.2, 0.25) is 0 Å². The van der Waals surface area contributed by atoms with Crippen molar-refractivity contribution in [2.75, 3.05) is 18.5 Å². The summed E-state index contributed by atoms with van der Waals surface area (Å²) in [5, 5.41) is 9.41. The second-order valence-electron chi connectivity index (χ2n) is 3.54. The number of nitrogens with zero attached hydrogens (tertiary/aromatic N) is 2. The molecule has 0 bridgehead atoms. The van der Waals surface area contributed by atoms with Crippen molar-refractivity contribution in [3.63, 3.8) is 0 Å². The quantitative estimate of drug-likeness (QED) is 0.796. The minimum Gasteiger partial charge on any atom is -0.389 e. The Labute approximate surface area is 85.4 Å². The summed E-state index contributed by atoms with van der Waals surface area (Å²) in [6, 6.07) is 3.77. The van der Waals surface area contributed by atoms with Gasteiger partial charge in [-0.2, -0.15) is 0 Å². The average molecular weight is 194 g/mol. The Morgan fingerprint density at radius 1 is 1.57 bits per heavy atom. The van der Waals surface area contributed by atoms with Gasteiger partial charge in [0.1, 0.15) is 5.82 Å². The van der Waals surface area contributed by atoms with E-state index < -0.39 is 6.10 Å². The third kappa shape index (κ3) is 2.70. The fourth-order valence-electron chi connectivity index (χ4n) is 1.35. The lowest BCUT2D eigenvalue weighted by atomic mass is 10.2. The van der Waals surface area contributed by atoms with Crippen LogP contribution >= 0.6 is 0 Å². The number of pyridine rings is 1. The summed E-state index contributed by atoms with van der Waals surface area (Å²) in [5.41, 5.74) is 0.915. The van der Waals surface area contributed by atoms with Crippen molar-refractivity contribution in [2.24, 2.45) is 0 Å². The molecule has 1 rings (SSSR count). The number of hydrogen-bond acceptors (Lipinski definition) is 3. The van der Waals surface area contributed by atoms with Crippen molar-refractivity contribution in [1.82, 2.24) is 4.98 Å². The van der Waals surface area contributed by atoms with Crippen molar-refractivity contribution in [3.8, 4) is 0 Å². The number of aromatic nitrogens is 1. The molecule has 3 heteroatoms. The maximum absolute atomic E-state index is 9.41. The normalized spacial score (nSPS) is 12.6. The predicted octanol–water partition coefficient (Wildman–Crippen LogP) is 1.98. The average Bonchev–Trinajstić information content (AvgIpc) is 2.18. The smallest absolute Gasteiger partial charge is 0.128 e. The molecule has 0 saturated heterocycles. The Balaban J connectivity index is 2.82. The minimum atomic E-state index is -0.424. The lowest BCUT2D eigenvalue weighted by Crippen LogP contribution is -2.19.